The summed E-state index contributed by atoms with van der Waals surface area (Å²) < 4.78 is 49.4. The lowest BCUT2D eigenvalue weighted by Crippen LogP contribution is -2.40. The van der Waals surface area contributed by atoms with Crippen LogP contribution in [0.1, 0.15) is 12.8 Å². The molecule has 8 heteroatoms. The van der Waals surface area contributed by atoms with Crippen LogP contribution in [0, 0.1) is 0 Å². The first-order valence-corrected chi connectivity index (χ1v) is 9.18. The number of rotatable bonds is 3. The van der Waals surface area contributed by atoms with E-state index in [4.69, 9.17) is 5.73 Å². The minimum absolute atomic E-state index is 0.0183. The smallest absolute Gasteiger partial charge is 0.242 e. The van der Waals surface area contributed by atoms with Crippen LogP contribution in [0.15, 0.2) is 29.2 Å². The molecule has 0 amide bonds. The first kappa shape index (κ1) is 14.3. The minimum atomic E-state index is -3.70. The molecular formula is C11H16N2O4S2. The van der Waals surface area contributed by atoms with E-state index in [1.807, 2.05) is 0 Å². The van der Waals surface area contributed by atoms with Gasteiger partial charge in [0.15, 0.2) is 0 Å². The van der Waals surface area contributed by atoms with Gasteiger partial charge in [0, 0.05) is 6.04 Å². The van der Waals surface area contributed by atoms with Gasteiger partial charge in [0.25, 0.3) is 0 Å². The fourth-order valence-corrected chi connectivity index (χ4v) is 4.95. The summed E-state index contributed by atoms with van der Waals surface area (Å²) in [5.74, 6) is 0.0366. The lowest BCUT2D eigenvalue weighted by molar-refractivity contribution is 0.505. The zero-order chi connectivity index (χ0) is 14.1. The quantitative estimate of drug-likeness (QED) is 0.772. The Kier molecular flexibility index (Phi) is 3.84. The topological polar surface area (TPSA) is 106 Å². The van der Waals surface area contributed by atoms with E-state index in [2.05, 4.69) is 4.72 Å². The van der Waals surface area contributed by atoms with Crippen molar-refractivity contribution in [2.75, 3.05) is 17.2 Å². The second-order valence-corrected chi connectivity index (χ2v) is 8.57. The maximum atomic E-state index is 12.1. The number of nitrogens with one attached hydrogen (secondary N) is 1. The highest BCUT2D eigenvalue weighted by Crippen LogP contribution is 2.20. The molecule has 1 aromatic rings. The summed E-state index contributed by atoms with van der Waals surface area (Å²) in [6.07, 6.45) is 0.600. The van der Waals surface area contributed by atoms with Crippen molar-refractivity contribution in [3.63, 3.8) is 0 Å². The molecule has 106 valence electrons. The largest absolute Gasteiger partial charge is 0.398 e. The van der Waals surface area contributed by atoms with Gasteiger partial charge in [0.2, 0.25) is 10.0 Å². The highest BCUT2D eigenvalue weighted by molar-refractivity contribution is 7.91. The normalized spacial score (nSPS) is 20.2. The van der Waals surface area contributed by atoms with Gasteiger partial charge in [-0.15, -0.1) is 0 Å². The average molecular weight is 304 g/mol. The third kappa shape index (κ3) is 3.46. The first-order chi connectivity index (χ1) is 8.80. The lowest BCUT2D eigenvalue weighted by atomic mass is 10.2. The van der Waals surface area contributed by atoms with Gasteiger partial charge in [-0.25, -0.2) is 21.6 Å². The number of para-hydroxylation sites is 1. The number of benzene rings is 1. The molecule has 0 saturated carbocycles. The van der Waals surface area contributed by atoms with Crippen LogP contribution >= 0.6 is 0 Å². The molecule has 3 N–H and O–H groups in total. The van der Waals surface area contributed by atoms with Crippen molar-refractivity contribution in [3.05, 3.63) is 24.3 Å². The summed E-state index contributed by atoms with van der Waals surface area (Å²) in [5.41, 5.74) is 5.82. The van der Waals surface area contributed by atoms with E-state index < -0.39 is 19.9 Å². The molecule has 0 radical (unpaired) electrons. The molecule has 0 aromatic heterocycles. The van der Waals surface area contributed by atoms with Crippen LogP contribution in [0.4, 0.5) is 5.69 Å². The Bertz CT molecular complexity index is 654. The van der Waals surface area contributed by atoms with Gasteiger partial charge in [-0.1, -0.05) is 12.1 Å². The van der Waals surface area contributed by atoms with Crippen LogP contribution in [0.2, 0.25) is 0 Å². The van der Waals surface area contributed by atoms with Gasteiger partial charge in [-0.2, -0.15) is 0 Å². The number of nitrogens with two attached hydrogens (primary N) is 1. The maximum absolute atomic E-state index is 12.1. The number of anilines is 1. The first-order valence-electron chi connectivity index (χ1n) is 5.87. The van der Waals surface area contributed by atoms with Crippen LogP contribution in [0.5, 0.6) is 0 Å². The fraction of sp³-hybridized carbons (Fsp3) is 0.455. The van der Waals surface area contributed by atoms with Gasteiger partial charge in [-0.3, -0.25) is 0 Å². The van der Waals surface area contributed by atoms with Gasteiger partial charge in [-0.05, 0) is 25.0 Å². The number of hydrogen-bond acceptors (Lipinski definition) is 5. The fourth-order valence-electron chi connectivity index (χ4n) is 2.02. The monoisotopic (exact) mass is 304 g/mol. The predicted octanol–water partition coefficient (Wildman–Crippen LogP) is 0.124. The van der Waals surface area contributed by atoms with E-state index in [1.54, 1.807) is 12.1 Å². The number of sulfonamides is 1. The molecule has 1 fully saturated rings. The van der Waals surface area contributed by atoms with Crippen molar-refractivity contribution in [2.24, 2.45) is 0 Å². The van der Waals surface area contributed by atoms with E-state index >= 15 is 0 Å². The van der Waals surface area contributed by atoms with Crippen molar-refractivity contribution in [1.29, 1.82) is 0 Å². The Hall–Kier alpha value is -1.12. The Labute approximate surface area is 113 Å². The summed E-state index contributed by atoms with van der Waals surface area (Å²) >= 11 is 0. The van der Waals surface area contributed by atoms with E-state index in [9.17, 15) is 16.8 Å². The molecule has 1 saturated heterocycles. The van der Waals surface area contributed by atoms with Gasteiger partial charge < -0.3 is 5.73 Å². The summed E-state index contributed by atoms with van der Waals surface area (Å²) in [6.45, 7) is 0. The molecule has 19 heavy (non-hydrogen) atoms. The van der Waals surface area contributed by atoms with Crippen LogP contribution < -0.4 is 10.5 Å². The Morgan fingerprint density at radius 1 is 1.16 bits per heavy atom. The molecule has 1 heterocycles. The number of nitrogen functional groups attached to an aromatic ring is 1. The van der Waals surface area contributed by atoms with Crippen LogP contribution in [0.25, 0.3) is 0 Å². The highest BCUT2D eigenvalue weighted by atomic mass is 32.2. The molecule has 0 bridgehead atoms. The Balaban J connectivity index is 2.13. The summed E-state index contributed by atoms with van der Waals surface area (Å²) in [6, 6.07) is 5.84. The Morgan fingerprint density at radius 2 is 1.74 bits per heavy atom. The number of hydrogen-bond donors (Lipinski definition) is 2. The molecule has 0 spiro atoms. The van der Waals surface area contributed by atoms with Crippen LogP contribution in [-0.2, 0) is 19.9 Å². The maximum Gasteiger partial charge on any atom is 0.242 e. The highest BCUT2D eigenvalue weighted by Gasteiger charge is 2.28. The minimum Gasteiger partial charge on any atom is -0.398 e. The van der Waals surface area contributed by atoms with E-state index in [-0.39, 0.29) is 28.1 Å². The van der Waals surface area contributed by atoms with Crippen molar-refractivity contribution in [1.82, 2.24) is 4.72 Å². The number of sulfone groups is 1. The summed E-state index contributed by atoms with van der Waals surface area (Å²) in [4.78, 5) is 0.0310. The summed E-state index contributed by atoms with van der Waals surface area (Å²) in [5, 5.41) is 0. The molecule has 6 nitrogen and oxygen atoms in total. The second kappa shape index (κ2) is 5.10. The van der Waals surface area contributed by atoms with E-state index in [1.165, 1.54) is 12.1 Å². The zero-order valence-electron chi connectivity index (χ0n) is 10.2. The molecule has 0 atom stereocenters. The van der Waals surface area contributed by atoms with Crippen molar-refractivity contribution in [2.45, 2.75) is 23.8 Å². The molecule has 1 aromatic carbocycles. The third-order valence-electron chi connectivity index (χ3n) is 3.08. The molecule has 2 rings (SSSR count). The molecule has 0 aliphatic carbocycles. The third-order valence-corrected chi connectivity index (χ3v) is 6.39. The van der Waals surface area contributed by atoms with Gasteiger partial charge in [0.05, 0.1) is 17.2 Å². The Morgan fingerprint density at radius 3 is 2.32 bits per heavy atom. The van der Waals surface area contributed by atoms with Crippen molar-refractivity contribution in [3.8, 4) is 0 Å². The second-order valence-electron chi connectivity index (χ2n) is 4.59. The predicted molar refractivity (Wildman–Crippen MR) is 72.9 cm³/mol. The zero-order valence-corrected chi connectivity index (χ0v) is 11.9. The van der Waals surface area contributed by atoms with E-state index in [0.29, 0.717) is 12.8 Å². The molecule has 1 aliphatic rings. The summed E-state index contributed by atoms with van der Waals surface area (Å²) in [7, 11) is -6.70. The van der Waals surface area contributed by atoms with Gasteiger partial charge in [0.1, 0.15) is 14.7 Å². The molecular weight excluding hydrogens is 288 g/mol. The van der Waals surface area contributed by atoms with E-state index in [0.717, 1.165) is 0 Å². The SMILES string of the molecule is Nc1ccccc1S(=O)(=O)NC1CCS(=O)(=O)CC1. The van der Waals surface area contributed by atoms with Crippen molar-refractivity contribution < 1.29 is 16.8 Å². The van der Waals surface area contributed by atoms with Crippen molar-refractivity contribution >= 4 is 25.5 Å². The van der Waals surface area contributed by atoms with Gasteiger partial charge >= 0.3 is 0 Å². The van der Waals surface area contributed by atoms with Crippen LogP contribution in [-0.4, -0.2) is 34.4 Å². The average Bonchev–Trinajstić information content (AvgIpc) is 2.32. The molecule has 0 unspecified atom stereocenters. The lowest BCUT2D eigenvalue weighted by Gasteiger charge is -2.23. The molecule has 1 aliphatic heterocycles. The standard InChI is InChI=1S/C11H16N2O4S2/c12-10-3-1-2-4-11(10)19(16,17)13-9-5-7-18(14,15)8-6-9/h1-4,9,13H,5-8,12H2. The van der Waals surface area contributed by atoms with Crippen LogP contribution in [0.3, 0.4) is 0 Å².